The number of amides is 1. The molecular weight excluding hydrogens is 374 g/mol. The van der Waals surface area contributed by atoms with Crippen molar-refractivity contribution in [3.05, 3.63) is 0 Å². The Morgan fingerprint density at radius 2 is 1.03 bits per heavy atom. The topological polar surface area (TPSA) is 66.5 Å². The summed E-state index contributed by atoms with van der Waals surface area (Å²) in [6.45, 7) is 6.76. The molecule has 4 bridgehead atoms. The molecule has 4 aliphatic carbocycles. The summed E-state index contributed by atoms with van der Waals surface area (Å²) < 4.78 is 27.9. The predicted octanol–water partition coefficient (Wildman–Crippen LogP) is 1.74. The summed E-state index contributed by atoms with van der Waals surface area (Å²) in [6.07, 6.45) is 6.03. The Hall–Kier alpha value is -0.730. The van der Waals surface area contributed by atoms with Gasteiger partial charge in [-0.25, -0.2) is 0 Å². The van der Waals surface area contributed by atoms with Crippen molar-refractivity contribution >= 4 is 5.91 Å². The summed E-state index contributed by atoms with van der Waals surface area (Å²) in [5.41, 5.74) is -0.0975. The van der Waals surface area contributed by atoms with E-state index in [1.165, 1.54) is 12.8 Å². The van der Waals surface area contributed by atoms with Crippen LogP contribution < -0.4 is 0 Å². The van der Waals surface area contributed by atoms with Crippen LogP contribution in [0.3, 0.4) is 0 Å². The first kappa shape index (κ1) is 21.5. The highest BCUT2D eigenvalue weighted by Gasteiger charge is 2.59. The monoisotopic (exact) mass is 411 g/mol. The lowest BCUT2D eigenvalue weighted by molar-refractivity contribution is -0.147. The van der Waals surface area contributed by atoms with Crippen LogP contribution in [0, 0.1) is 23.2 Å². The largest absolute Gasteiger partial charge is 0.377 e. The van der Waals surface area contributed by atoms with Crippen molar-refractivity contribution in [2.45, 2.75) is 32.1 Å². The average molecular weight is 412 g/mol. The van der Waals surface area contributed by atoms with Crippen molar-refractivity contribution in [1.29, 1.82) is 0 Å². The van der Waals surface area contributed by atoms with Crippen LogP contribution in [-0.2, 0) is 28.5 Å². The van der Waals surface area contributed by atoms with Crippen LogP contribution in [0.2, 0.25) is 0 Å². The van der Waals surface area contributed by atoms with Gasteiger partial charge in [0.25, 0.3) is 0 Å². The lowest BCUT2D eigenvalue weighted by Gasteiger charge is -2.40. The van der Waals surface area contributed by atoms with Crippen LogP contribution in [0.1, 0.15) is 32.1 Å². The molecule has 2 unspecified atom stereocenters. The molecule has 7 nitrogen and oxygen atoms in total. The third kappa shape index (κ3) is 5.50. The molecule has 1 aliphatic heterocycles. The van der Waals surface area contributed by atoms with Gasteiger partial charge in [-0.2, -0.15) is 0 Å². The van der Waals surface area contributed by atoms with E-state index in [-0.39, 0.29) is 5.41 Å². The number of carbonyl (C=O) groups excluding carboxylic acids is 1. The summed E-state index contributed by atoms with van der Waals surface area (Å²) >= 11 is 0. The van der Waals surface area contributed by atoms with Gasteiger partial charge in [0.2, 0.25) is 5.91 Å². The van der Waals surface area contributed by atoms with E-state index in [4.69, 9.17) is 23.7 Å². The van der Waals surface area contributed by atoms with E-state index < -0.39 is 0 Å². The van der Waals surface area contributed by atoms with Crippen LogP contribution in [0.25, 0.3) is 0 Å². The highest BCUT2D eigenvalue weighted by molar-refractivity contribution is 5.83. The van der Waals surface area contributed by atoms with Crippen molar-refractivity contribution in [1.82, 2.24) is 4.90 Å². The van der Waals surface area contributed by atoms with Crippen LogP contribution in [0.5, 0.6) is 0 Å². The highest BCUT2D eigenvalue weighted by atomic mass is 16.6. The molecule has 1 heterocycles. The molecule has 1 saturated heterocycles. The summed E-state index contributed by atoms with van der Waals surface area (Å²) in [5.74, 6) is 2.72. The Kier molecular flexibility index (Phi) is 7.81. The first-order valence-corrected chi connectivity index (χ1v) is 11.4. The minimum atomic E-state index is -0.0975. The standard InChI is InChI=1S/C22H37NO6/c24-21(22-15-18-13-19(16-22)20(14-18)17-22)23-1-3-25-5-7-27-9-11-29-12-10-28-8-6-26-4-2-23/h18-20H,1-17H2. The van der Waals surface area contributed by atoms with Gasteiger partial charge >= 0.3 is 0 Å². The van der Waals surface area contributed by atoms with E-state index in [0.717, 1.165) is 37.0 Å². The molecule has 0 spiro atoms. The van der Waals surface area contributed by atoms with Crippen LogP contribution >= 0.6 is 0 Å². The fraction of sp³-hybridized carbons (Fsp3) is 0.955. The Bertz CT molecular complexity index is 492. The van der Waals surface area contributed by atoms with Gasteiger partial charge in [0.15, 0.2) is 0 Å². The summed E-state index contributed by atoms with van der Waals surface area (Å²) in [4.78, 5) is 15.6. The van der Waals surface area contributed by atoms with Crippen LogP contribution in [0.15, 0.2) is 0 Å². The number of hydrogen-bond acceptors (Lipinski definition) is 6. The number of carbonyl (C=O) groups is 1. The minimum absolute atomic E-state index is 0.0975. The second-order valence-corrected chi connectivity index (χ2v) is 9.10. The van der Waals surface area contributed by atoms with Gasteiger partial charge in [0.05, 0.1) is 71.5 Å². The first-order valence-electron chi connectivity index (χ1n) is 11.4. The van der Waals surface area contributed by atoms with Crippen molar-refractivity contribution in [2.75, 3.05) is 79.2 Å². The molecule has 0 aromatic carbocycles. The number of rotatable bonds is 1. The number of ether oxygens (including phenoxy) is 5. The summed E-state index contributed by atoms with van der Waals surface area (Å²) in [6, 6.07) is 0. The molecule has 29 heavy (non-hydrogen) atoms. The molecule has 166 valence electrons. The molecule has 0 radical (unpaired) electrons. The van der Waals surface area contributed by atoms with Crippen LogP contribution in [0.4, 0.5) is 0 Å². The maximum absolute atomic E-state index is 13.6. The second kappa shape index (κ2) is 10.5. The Labute approximate surface area is 174 Å². The quantitative estimate of drug-likeness (QED) is 0.655. The maximum atomic E-state index is 13.6. The molecule has 2 atom stereocenters. The molecule has 0 aromatic heterocycles. The zero-order chi connectivity index (χ0) is 19.9. The summed E-state index contributed by atoms with van der Waals surface area (Å²) in [5, 5.41) is 0. The van der Waals surface area contributed by atoms with Crippen molar-refractivity contribution < 1.29 is 28.5 Å². The Morgan fingerprint density at radius 3 is 1.45 bits per heavy atom. The third-order valence-corrected chi connectivity index (χ3v) is 7.16. The molecule has 4 saturated carbocycles. The van der Waals surface area contributed by atoms with Gasteiger partial charge in [-0.1, -0.05) is 0 Å². The summed E-state index contributed by atoms with van der Waals surface area (Å²) in [7, 11) is 0. The van der Waals surface area contributed by atoms with Crippen molar-refractivity contribution in [2.24, 2.45) is 23.2 Å². The van der Waals surface area contributed by atoms with Gasteiger partial charge < -0.3 is 28.6 Å². The van der Waals surface area contributed by atoms with E-state index in [0.29, 0.717) is 85.1 Å². The zero-order valence-electron chi connectivity index (χ0n) is 17.6. The first-order chi connectivity index (χ1) is 14.3. The van der Waals surface area contributed by atoms with Gasteiger partial charge in [-0.05, 0) is 49.9 Å². The predicted molar refractivity (Wildman–Crippen MR) is 107 cm³/mol. The molecule has 5 rings (SSSR count). The molecule has 0 N–H and O–H groups in total. The average Bonchev–Trinajstić information content (AvgIpc) is 3.14. The fourth-order valence-corrected chi connectivity index (χ4v) is 6.05. The lowest BCUT2D eigenvalue weighted by Crippen LogP contribution is -2.48. The molecule has 7 heteroatoms. The maximum Gasteiger partial charge on any atom is 0.228 e. The van der Waals surface area contributed by atoms with Gasteiger partial charge in [-0.15, -0.1) is 0 Å². The molecule has 5 aliphatic rings. The van der Waals surface area contributed by atoms with Crippen LogP contribution in [-0.4, -0.2) is 90.0 Å². The van der Waals surface area contributed by atoms with Gasteiger partial charge in [0.1, 0.15) is 0 Å². The van der Waals surface area contributed by atoms with Gasteiger partial charge in [-0.3, -0.25) is 4.79 Å². The molecule has 1 amide bonds. The molecule has 0 aromatic rings. The van der Waals surface area contributed by atoms with Gasteiger partial charge in [0, 0.05) is 13.1 Å². The second-order valence-electron chi connectivity index (χ2n) is 9.10. The Balaban J connectivity index is 1.29. The van der Waals surface area contributed by atoms with Crippen molar-refractivity contribution in [3.8, 4) is 0 Å². The highest BCUT2D eigenvalue weighted by Crippen LogP contribution is 2.64. The van der Waals surface area contributed by atoms with Crippen molar-refractivity contribution in [3.63, 3.8) is 0 Å². The SMILES string of the molecule is O=C(N1CCOCCOCCOCCOCCOCC1)C12CC3CC(C1)C(C3)C2. The molecule has 5 fully saturated rings. The minimum Gasteiger partial charge on any atom is -0.377 e. The van der Waals surface area contributed by atoms with E-state index in [9.17, 15) is 4.79 Å². The Morgan fingerprint density at radius 1 is 0.621 bits per heavy atom. The smallest absolute Gasteiger partial charge is 0.228 e. The van der Waals surface area contributed by atoms with E-state index in [1.54, 1.807) is 0 Å². The van der Waals surface area contributed by atoms with E-state index in [1.807, 2.05) is 4.90 Å². The number of nitrogens with zero attached hydrogens (tertiary/aromatic N) is 1. The lowest BCUT2D eigenvalue weighted by atomic mass is 9.68. The normalized spacial score (nSPS) is 37.9. The third-order valence-electron chi connectivity index (χ3n) is 7.16. The fourth-order valence-electron chi connectivity index (χ4n) is 6.05. The zero-order valence-corrected chi connectivity index (χ0v) is 17.6. The van der Waals surface area contributed by atoms with E-state index >= 15 is 0 Å². The molecular formula is C22H37NO6. The number of hydrogen-bond donors (Lipinski definition) is 0. The van der Waals surface area contributed by atoms with E-state index in [2.05, 4.69) is 0 Å².